The normalized spacial score (nSPS) is 22.1. The summed E-state index contributed by atoms with van der Waals surface area (Å²) in [6.07, 6.45) is 11.4. The molecule has 5 heteroatoms. The molecule has 4 rings (SSSR count). The Bertz CT molecular complexity index is 822. The molecule has 152 valence electrons. The average Bonchev–Trinajstić information content (AvgIpc) is 3.42. The minimum Gasteiger partial charge on any atom is -0.390 e. The first-order valence-corrected chi connectivity index (χ1v) is 10.8. The Morgan fingerprint density at radius 2 is 2.14 bits per heavy atom. The van der Waals surface area contributed by atoms with E-state index in [9.17, 15) is 9.90 Å². The first-order chi connectivity index (χ1) is 13.6. The molecule has 3 N–H and O–H groups in total. The van der Waals surface area contributed by atoms with Gasteiger partial charge in [0.1, 0.15) is 0 Å². The monoisotopic (exact) mass is 383 g/mol. The fourth-order valence-corrected chi connectivity index (χ4v) is 5.06. The van der Waals surface area contributed by atoms with Crippen LogP contribution in [0.15, 0.2) is 24.4 Å². The molecule has 1 atom stereocenters. The van der Waals surface area contributed by atoms with Gasteiger partial charge in [0, 0.05) is 30.2 Å². The van der Waals surface area contributed by atoms with Crippen molar-refractivity contribution in [2.24, 2.45) is 0 Å². The van der Waals surface area contributed by atoms with Crippen LogP contribution in [0.4, 0.5) is 0 Å². The SMILES string of the molecule is CNC(=O)CN1CCC[C@@H]1Cc1c[nH]c2ccc(CCC3(O)CCCC3)cc12. The van der Waals surface area contributed by atoms with Gasteiger partial charge in [0.15, 0.2) is 0 Å². The molecule has 5 nitrogen and oxygen atoms in total. The maximum atomic E-state index is 11.8. The van der Waals surface area contributed by atoms with Crippen LogP contribution >= 0.6 is 0 Å². The Morgan fingerprint density at radius 3 is 2.93 bits per heavy atom. The molecule has 2 fully saturated rings. The van der Waals surface area contributed by atoms with E-state index in [2.05, 4.69) is 39.6 Å². The van der Waals surface area contributed by atoms with Crippen molar-refractivity contribution in [1.82, 2.24) is 15.2 Å². The summed E-state index contributed by atoms with van der Waals surface area (Å²) in [5.41, 5.74) is 3.38. The van der Waals surface area contributed by atoms with Crippen LogP contribution in [-0.4, -0.2) is 52.7 Å². The van der Waals surface area contributed by atoms with E-state index in [0.29, 0.717) is 12.6 Å². The molecule has 2 aromatic rings. The lowest BCUT2D eigenvalue weighted by atomic mass is 9.92. The van der Waals surface area contributed by atoms with E-state index in [1.165, 1.54) is 22.0 Å². The zero-order chi connectivity index (χ0) is 19.6. The minimum atomic E-state index is -0.444. The lowest BCUT2D eigenvalue weighted by molar-refractivity contribution is -0.121. The summed E-state index contributed by atoms with van der Waals surface area (Å²) < 4.78 is 0. The number of aromatic amines is 1. The number of hydrogen-bond acceptors (Lipinski definition) is 3. The van der Waals surface area contributed by atoms with Crippen molar-refractivity contribution in [2.75, 3.05) is 20.1 Å². The first kappa shape index (κ1) is 19.5. The third-order valence-corrected chi connectivity index (χ3v) is 6.83. The van der Waals surface area contributed by atoms with Crippen molar-refractivity contribution in [3.05, 3.63) is 35.5 Å². The topological polar surface area (TPSA) is 68.4 Å². The number of aliphatic hydroxyl groups is 1. The van der Waals surface area contributed by atoms with Crippen LogP contribution in [0.25, 0.3) is 10.9 Å². The van der Waals surface area contributed by atoms with Gasteiger partial charge in [-0.3, -0.25) is 9.69 Å². The number of nitrogens with zero attached hydrogens (tertiary/aromatic N) is 1. The number of nitrogens with one attached hydrogen (secondary N) is 2. The number of aromatic nitrogens is 1. The van der Waals surface area contributed by atoms with Crippen LogP contribution in [0.5, 0.6) is 0 Å². The zero-order valence-electron chi connectivity index (χ0n) is 17.0. The highest BCUT2D eigenvalue weighted by Gasteiger charge is 2.30. The summed E-state index contributed by atoms with van der Waals surface area (Å²) in [6, 6.07) is 7.09. The van der Waals surface area contributed by atoms with E-state index in [-0.39, 0.29) is 5.91 Å². The first-order valence-electron chi connectivity index (χ1n) is 10.8. The van der Waals surface area contributed by atoms with Crippen molar-refractivity contribution in [2.45, 2.75) is 69.4 Å². The molecule has 1 saturated heterocycles. The van der Waals surface area contributed by atoms with Gasteiger partial charge in [-0.1, -0.05) is 18.9 Å². The van der Waals surface area contributed by atoms with Gasteiger partial charge in [-0.25, -0.2) is 0 Å². The lowest BCUT2D eigenvalue weighted by Gasteiger charge is -2.23. The van der Waals surface area contributed by atoms with Crippen LogP contribution in [0.3, 0.4) is 0 Å². The largest absolute Gasteiger partial charge is 0.390 e. The van der Waals surface area contributed by atoms with Gasteiger partial charge in [0.25, 0.3) is 0 Å². The number of fused-ring (bicyclic) bond motifs is 1. The maximum absolute atomic E-state index is 11.8. The van der Waals surface area contributed by atoms with E-state index in [0.717, 1.165) is 64.3 Å². The molecular formula is C23H33N3O2. The van der Waals surface area contributed by atoms with Crippen molar-refractivity contribution in [1.29, 1.82) is 0 Å². The maximum Gasteiger partial charge on any atom is 0.233 e. The molecule has 1 aliphatic heterocycles. The molecule has 1 aromatic heterocycles. The summed E-state index contributed by atoms with van der Waals surface area (Å²) in [6.45, 7) is 1.50. The number of benzene rings is 1. The highest BCUT2D eigenvalue weighted by atomic mass is 16.3. The summed E-state index contributed by atoms with van der Waals surface area (Å²) in [5, 5.41) is 14.7. The van der Waals surface area contributed by atoms with Gasteiger partial charge in [-0.2, -0.15) is 0 Å². The number of likely N-dealkylation sites (N-methyl/N-ethyl adjacent to an activating group) is 1. The van der Waals surface area contributed by atoms with E-state index < -0.39 is 5.60 Å². The van der Waals surface area contributed by atoms with Crippen molar-refractivity contribution >= 4 is 16.8 Å². The summed E-state index contributed by atoms with van der Waals surface area (Å²) in [7, 11) is 1.71. The number of carbonyl (C=O) groups excluding carboxylic acids is 1. The van der Waals surface area contributed by atoms with Gasteiger partial charge < -0.3 is 15.4 Å². The van der Waals surface area contributed by atoms with Gasteiger partial charge >= 0.3 is 0 Å². The van der Waals surface area contributed by atoms with Crippen molar-refractivity contribution < 1.29 is 9.90 Å². The number of aryl methyl sites for hydroxylation is 1. The summed E-state index contributed by atoms with van der Waals surface area (Å²) in [5.74, 6) is 0.0953. The number of amides is 1. The average molecular weight is 384 g/mol. The molecule has 2 aliphatic rings. The minimum absolute atomic E-state index is 0.0953. The predicted molar refractivity (Wildman–Crippen MR) is 112 cm³/mol. The smallest absolute Gasteiger partial charge is 0.233 e. The Hall–Kier alpha value is -1.85. The van der Waals surface area contributed by atoms with Gasteiger partial charge in [0.2, 0.25) is 5.91 Å². The van der Waals surface area contributed by atoms with Crippen LogP contribution in [0.1, 0.15) is 56.1 Å². The predicted octanol–water partition coefficient (Wildman–Crippen LogP) is 3.16. The Balaban J connectivity index is 1.46. The second-order valence-corrected chi connectivity index (χ2v) is 8.77. The second-order valence-electron chi connectivity index (χ2n) is 8.77. The fourth-order valence-electron chi connectivity index (χ4n) is 5.06. The molecule has 2 heterocycles. The van der Waals surface area contributed by atoms with Crippen molar-refractivity contribution in [3.63, 3.8) is 0 Å². The molecule has 28 heavy (non-hydrogen) atoms. The lowest BCUT2D eigenvalue weighted by Crippen LogP contribution is -2.39. The standard InChI is InChI=1S/C23H33N3O2/c1-24-22(27)16-26-12-4-5-19(26)14-18-15-25-21-7-6-17(13-20(18)21)8-11-23(28)9-2-3-10-23/h6-7,13,15,19,25,28H,2-5,8-12,14,16H2,1H3,(H,24,27)/t19-/m1/s1. The number of likely N-dealkylation sites (tertiary alicyclic amines) is 1. The number of hydrogen-bond donors (Lipinski definition) is 3. The molecule has 0 radical (unpaired) electrons. The van der Waals surface area contributed by atoms with Gasteiger partial charge in [-0.05, 0) is 74.8 Å². The van der Waals surface area contributed by atoms with E-state index >= 15 is 0 Å². The molecule has 1 amide bonds. The third kappa shape index (κ3) is 4.26. The molecule has 1 saturated carbocycles. The van der Waals surface area contributed by atoms with E-state index in [1.807, 2.05) is 0 Å². The van der Waals surface area contributed by atoms with Crippen molar-refractivity contribution in [3.8, 4) is 0 Å². The summed E-state index contributed by atoms with van der Waals surface area (Å²) in [4.78, 5) is 17.5. The highest BCUT2D eigenvalue weighted by Crippen LogP contribution is 2.34. The molecule has 1 aliphatic carbocycles. The number of H-pyrrole nitrogens is 1. The fraction of sp³-hybridized carbons (Fsp3) is 0.609. The summed E-state index contributed by atoms with van der Waals surface area (Å²) >= 11 is 0. The Morgan fingerprint density at radius 1 is 1.32 bits per heavy atom. The second kappa shape index (κ2) is 8.26. The van der Waals surface area contributed by atoms with E-state index in [1.54, 1.807) is 7.05 Å². The third-order valence-electron chi connectivity index (χ3n) is 6.83. The molecule has 0 unspecified atom stereocenters. The highest BCUT2D eigenvalue weighted by molar-refractivity contribution is 5.84. The van der Waals surface area contributed by atoms with Crippen LogP contribution in [-0.2, 0) is 17.6 Å². The zero-order valence-corrected chi connectivity index (χ0v) is 17.0. The quantitative estimate of drug-likeness (QED) is 0.688. The molecule has 0 spiro atoms. The van der Waals surface area contributed by atoms with E-state index in [4.69, 9.17) is 0 Å². The number of rotatable bonds is 7. The Kier molecular flexibility index (Phi) is 5.74. The molecular weight excluding hydrogens is 350 g/mol. The molecule has 0 bridgehead atoms. The Labute approximate surface area is 167 Å². The van der Waals surface area contributed by atoms with Crippen LogP contribution in [0, 0.1) is 0 Å². The molecule has 1 aromatic carbocycles. The van der Waals surface area contributed by atoms with Gasteiger partial charge in [-0.15, -0.1) is 0 Å². The van der Waals surface area contributed by atoms with Crippen LogP contribution < -0.4 is 5.32 Å². The van der Waals surface area contributed by atoms with Gasteiger partial charge in [0.05, 0.1) is 12.1 Å². The number of carbonyl (C=O) groups is 1. The van der Waals surface area contributed by atoms with Crippen LogP contribution in [0.2, 0.25) is 0 Å².